The van der Waals surface area contributed by atoms with Crippen LogP contribution in [0, 0.1) is 0 Å². The highest BCUT2D eigenvalue weighted by Gasteiger charge is 2.19. The Balaban J connectivity index is 1.91. The minimum Gasteiger partial charge on any atom is -0.467 e. The van der Waals surface area contributed by atoms with Gasteiger partial charge in [0.05, 0.1) is 18.1 Å². The molecule has 0 aliphatic heterocycles. The van der Waals surface area contributed by atoms with E-state index in [1.165, 1.54) is 0 Å². The largest absolute Gasteiger partial charge is 0.467 e. The predicted octanol–water partition coefficient (Wildman–Crippen LogP) is 2.78. The Morgan fingerprint density at radius 1 is 1.26 bits per heavy atom. The number of carbonyl (C=O) groups excluding carboxylic acids is 1. The molecular weight excluding hydrogens is 258 g/mol. The van der Waals surface area contributed by atoms with E-state index < -0.39 is 0 Å². The van der Waals surface area contributed by atoms with Gasteiger partial charge in [-0.15, -0.1) is 0 Å². The fourth-order valence-corrected chi connectivity index (χ4v) is 2.30. The molecule has 0 aliphatic rings. The van der Waals surface area contributed by atoms with Crippen LogP contribution in [-0.2, 0) is 17.8 Å². The van der Waals surface area contributed by atoms with Crippen molar-refractivity contribution in [3.05, 3.63) is 60.1 Å². The third-order valence-electron chi connectivity index (χ3n) is 2.91. The molecule has 0 radical (unpaired) electrons. The van der Waals surface area contributed by atoms with Gasteiger partial charge in [0.25, 0.3) is 0 Å². The summed E-state index contributed by atoms with van der Waals surface area (Å²) < 4.78 is 5.23. The lowest BCUT2D eigenvalue weighted by molar-refractivity contribution is -0.130. The van der Waals surface area contributed by atoms with E-state index in [1.54, 1.807) is 18.2 Å². The van der Waals surface area contributed by atoms with Crippen molar-refractivity contribution in [3.8, 4) is 0 Å². The van der Waals surface area contributed by atoms with Gasteiger partial charge in [-0.3, -0.25) is 4.79 Å². The van der Waals surface area contributed by atoms with Crippen molar-refractivity contribution in [1.29, 1.82) is 0 Å². The van der Waals surface area contributed by atoms with Gasteiger partial charge < -0.3 is 9.32 Å². The monoisotopic (exact) mass is 275 g/mol. The summed E-state index contributed by atoms with van der Waals surface area (Å²) in [7, 11) is 1.76. The number of benzene rings is 1. The standard InChI is InChI=1S/C15H17NO2S/c1-16(11-13-8-5-9-18-13)15(17)14(19)10-12-6-3-2-4-7-12/h2-9,14,19H,10-11H2,1H3. The Hall–Kier alpha value is -1.68. The van der Waals surface area contributed by atoms with Gasteiger partial charge >= 0.3 is 0 Å². The molecule has 3 nitrogen and oxygen atoms in total. The first-order valence-electron chi connectivity index (χ1n) is 6.16. The van der Waals surface area contributed by atoms with Crippen molar-refractivity contribution in [2.75, 3.05) is 7.05 Å². The molecule has 0 bridgehead atoms. The molecule has 1 aromatic heterocycles. The van der Waals surface area contributed by atoms with E-state index in [1.807, 2.05) is 42.5 Å². The van der Waals surface area contributed by atoms with Gasteiger partial charge in [0.1, 0.15) is 5.76 Å². The second kappa shape index (κ2) is 6.48. The lowest BCUT2D eigenvalue weighted by Gasteiger charge is -2.20. The van der Waals surface area contributed by atoms with Crippen LogP contribution in [-0.4, -0.2) is 23.1 Å². The number of amides is 1. The zero-order chi connectivity index (χ0) is 13.7. The van der Waals surface area contributed by atoms with E-state index in [0.29, 0.717) is 13.0 Å². The summed E-state index contributed by atoms with van der Waals surface area (Å²) in [6.45, 7) is 0.470. The molecule has 2 rings (SSSR count). The molecule has 0 aliphatic carbocycles. The van der Waals surface area contributed by atoms with Crippen LogP contribution >= 0.6 is 12.6 Å². The number of hydrogen-bond acceptors (Lipinski definition) is 3. The maximum absolute atomic E-state index is 12.2. The molecule has 100 valence electrons. The lowest BCUT2D eigenvalue weighted by Crippen LogP contribution is -2.34. The SMILES string of the molecule is CN(Cc1ccco1)C(=O)C(S)Cc1ccccc1. The maximum atomic E-state index is 12.2. The quantitative estimate of drug-likeness (QED) is 0.851. The number of nitrogens with zero attached hydrogens (tertiary/aromatic N) is 1. The van der Waals surface area contributed by atoms with Crippen LogP contribution in [0.1, 0.15) is 11.3 Å². The fourth-order valence-electron chi connectivity index (χ4n) is 1.89. The zero-order valence-corrected chi connectivity index (χ0v) is 11.7. The van der Waals surface area contributed by atoms with Gasteiger partial charge in [-0.1, -0.05) is 30.3 Å². The normalized spacial score (nSPS) is 12.1. The van der Waals surface area contributed by atoms with Crippen molar-refractivity contribution in [1.82, 2.24) is 4.90 Å². The van der Waals surface area contributed by atoms with Crippen LogP contribution in [0.3, 0.4) is 0 Å². The van der Waals surface area contributed by atoms with Crippen molar-refractivity contribution in [2.24, 2.45) is 0 Å². The van der Waals surface area contributed by atoms with E-state index >= 15 is 0 Å². The van der Waals surface area contributed by atoms with Gasteiger partial charge in [-0.05, 0) is 24.1 Å². The Morgan fingerprint density at radius 3 is 2.63 bits per heavy atom. The summed E-state index contributed by atoms with van der Waals surface area (Å²) in [5, 5.41) is -0.331. The number of carbonyl (C=O) groups is 1. The Labute approximate surface area is 118 Å². The van der Waals surface area contributed by atoms with E-state index in [2.05, 4.69) is 12.6 Å². The molecule has 1 atom stereocenters. The van der Waals surface area contributed by atoms with E-state index in [4.69, 9.17) is 4.42 Å². The molecular formula is C15H17NO2S. The molecule has 1 heterocycles. The first-order valence-corrected chi connectivity index (χ1v) is 6.68. The number of furan rings is 1. The zero-order valence-electron chi connectivity index (χ0n) is 10.8. The molecule has 0 fully saturated rings. The Morgan fingerprint density at radius 2 is 2.00 bits per heavy atom. The van der Waals surface area contributed by atoms with Gasteiger partial charge in [0, 0.05) is 7.05 Å². The highest BCUT2D eigenvalue weighted by atomic mass is 32.1. The van der Waals surface area contributed by atoms with Crippen LogP contribution in [0.2, 0.25) is 0 Å². The maximum Gasteiger partial charge on any atom is 0.235 e. The van der Waals surface area contributed by atoms with E-state index in [9.17, 15) is 4.79 Å². The van der Waals surface area contributed by atoms with Crippen molar-refractivity contribution in [2.45, 2.75) is 18.2 Å². The van der Waals surface area contributed by atoms with Gasteiger partial charge in [0.2, 0.25) is 5.91 Å². The number of rotatable bonds is 5. The summed E-state index contributed by atoms with van der Waals surface area (Å²) in [5.74, 6) is 0.777. The Bertz CT molecular complexity index is 510. The third-order valence-corrected chi connectivity index (χ3v) is 3.31. The topological polar surface area (TPSA) is 33.5 Å². The minimum atomic E-state index is -0.331. The van der Waals surface area contributed by atoms with Crippen molar-refractivity contribution < 1.29 is 9.21 Å². The van der Waals surface area contributed by atoms with Crippen LogP contribution < -0.4 is 0 Å². The molecule has 4 heteroatoms. The Kier molecular flexibility index (Phi) is 4.68. The average molecular weight is 275 g/mol. The third kappa shape index (κ3) is 3.89. The van der Waals surface area contributed by atoms with E-state index in [0.717, 1.165) is 11.3 Å². The summed E-state index contributed by atoms with van der Waals surface area (Å²) in [6, 6.07) is 13.6. The first-order chi connectivity index (χ1) is 9.16. The summed E-state index contributed by atoms with van der Waals surface area (Å²) in [6.07, 6.45) is 2.24. The molecule has 1 amide bonds. The lowest BCUT2D eigenvalue weighted by atomic mass is 10.1. The molecule has 0 N–H and O–H groups in total. The van der Waals surface area contributed by atoms with Crippen LogP contribution in [0.25, 0.3) is 0 Å². The summed E-state index contributed by atoms with van der Waals surface area (Å²) in [4.78, 5) is 13.8. The number of thiol groups is 1. The fraction of sp³-hybridized carbons (Fsp3) is 0.267. The molecule has 0 spiro atoms. The predicted molar refractivity (Wildman–Crippen MR) is 78.1 cm³/mol. The van der Waals surface area contributed by atoms with Gasteiger partial charge in [-0.25, -0.2) is 0 Å². The highest BCUT2D eigenvalue weighted by molar-refractivity contribution is 7.81. The molecule has 0 saturated heterocycles. The summed E-state index contributed by atoms with van der Waals surface area (Å²) in [5.41, 5.74) is 1.11. The first kappa shape index (κ1) is 13.7. The highest BCUT2D eigenvalue weighted by Crippen LogP contribution is 2.12. The van der Waals surface area contributed by atoms with Crippen molar-refractivity contribution in [3.63, 3.8) is 0 Å². The molecule has 1 unspecified atom stereocenters. The smallest absolute Gasteiger partial charge is 0.235 e. The second-order valence-electron chi connectivity index (χ2n) is 4.48. The summed E-state index contributed by atoms with van der Waals surface area (Å²) >= 11 is 4.41. The molecule has 1 aromatic carbocycles. The van der Waals surface area contributed by atoms with Crippen LogP contribution in [0.5, 0.6) is 0 Å². The molecule has 0 saturated carbocycles. The van der Waals surface area contributed by atoms with Crippen molar-refractivity contribution >= 4 is 18.5 Å². The minimum absolute atomic E-state index is 0.00332. The number of hydrogen-bond donors (Lipinski definition) is 1. The average Bonchev–Trinajstić information content (AvgIpc) is 2.91. The van der Waals surface area contributed by atoms with Crippen LogP contribution in [0.4, 0.5) is 0 Å². The molecule has 19 heavy (non-hydrogen) atoms. The van der Waals surface area contributed by atoms with Gasteiger partial charge in [-0.2, -0.15) is 12.6 Å². The molecule has 2 aromatic rings. The van der Waals surface area contributed by atoms with E-state index in [-0.39, 0.29) is 11.2 Å². The second-order valence-corrected chi connectivity index (χ2v) is 5.10. The van der Waals surface area contributed by atoms with Gasteiger partial charge in [0.15, 0.2) is 0 Å². The van der Waals surface area contributed by atoms with Crippen LogP contribution in [0.15, 0.2) is 53.1 Å².